The number of anilines is 2. The van der Waals surface area contributed by atoms with Gasteiger partial charge in [-0.3, -0.25) is 29.4 Å². The van der Waals surface area contributed by atoms with Crippen molar-refractivity contribution in [2.75, 3.05) is 36.0 Å². The third-order valence-corrected chi connectivity index (χ3v) is 9.34. The van der Waals surface area contributed by atoms with Crippen molar-refractivity contribution in [1.29, 1.82) is 5.26 Å². The summed E-state index contributed by atoms with van der Waals surface area (Å²) in [7, 11) is 0. The third-order valence-electron chi connectivity index (χ3n) is 9.34. The fraction of sp³-hybridized carbons (Fsp3) is 0.469. The van der Waals surface area contributed by atoms with Crippen LogP contribution in [0.4, 0.5) is 11.4 Å². The average Bonchev–Trinajstić information content (AvgIpc) is 3.76. The second kappa shape index (κ2) is 10.7. The molecule has 1 saturated carbocycles. The van der Waals surface area contributed by atoms with Gasteiger partial charge in [0.25, 0.3) is 11.8 Å². The summed E-state index contributed by atoms with van der Waals surface area (Å²) in [6.07, 6.45) is 5.37. The molecule has 1 unspecified atom stereocenters. The number of nitriles is 1. The maximum absolute atomic E-state index is 13.2. The first-order chi connectivity index (χ1) is 19.8. The van der Waals surface area contributed by atoms with E-state index < -0.39 is 23.8 Å². The predicted octanol–water partition coefficient (Wildman–Crippen LogP) is 3.78. The summed E-state index contributed by atoms with van der Waals surface area (Å²) >= 11 is 0. The van der Waals surface area contributed by atoms with Gasteiger partial charge in [-0.15, -0.1) is 0 Å². The number of amides is 4. The summed E-state index contributed by atoms with van der Waals surface area (Å²) in [5.74, 6) is -1.32. The van der Waals surface area contributed by atoms with Crippen LogP contribution >= 0.6 is 0 Å². The highest BCUT2D eigenvalue weighted by Crippen LogP contribution is 2.47. The monoisotopic (exact) mass is 553 g/mol. The number of imide groups is 2. The lowest BCUT2D eigenvalue weighted by atomic mass is 9.92. The van der Waals surface area contributed by atoms with Crippen LogP contribution in [0.25, 0.3) is 0 Å². The molecule has 3 heterocycles. The molecule has 0 aromatic heterocycles. The first-order valence-electron chi connectivity index (χ1n) is 14.7. The number of carbonyl (C=O) groups is 4. The van der Waals surface area contributed by atoms with Gasteiger partial charge in [0, 0.05) is 44.0 Å². The lowest BCUT2D eigenvalue weighted by molar-refractivity contribution is -0.136. The maximum Gasteiger partial charge on any atom is 0.262 e. The van der Waals surface area contributed by atoms with Crippen LogP contribution in [0.2, 0.25) is 0 Å². The molecule has 2 aromatic rings. The van der Waals surface area contributed by atoms with Gasteiger partial charge < -0.3 is 9.80 Å². The van der Waals surface area contributed by atoms with Crippen molar-refractivity contribution in [2.24, 2.45) is 5.92 Å². The van der Waals surface area contributed by atoms with Gasteiger partial charge in [-0.05, 0) is 87.3 Å². The normalized spacial score (nSPS) is 21.9. The molecule has 2 saturated heterocycles. The number of hydrogen-bond donors (Lipinski definition) is 1. The second-order valence-corrected chi connectivity index (χ2v) is 11.7. The van der Waals surface area contributed by atoms with Gasteiger partial charge in [0.05, 0.1) is 22.6 Å². The summed E-state index contributed by atoms with van der Waals surface area (Å²) in [6, 6.07) is 15.4. The quantitative estimate of drug-likeness (QED) is 0.495. The summed E-state index contributed by atoms with van der Waals surface area (Å²) in [5.41, 5.74) is 3.63. The number of nitrogens with one attached hydrogen (secondary N) is 1. The number of rotatable bonds is 8. The minimum Gasteiger partial charge on any atom is -0.372 e. The van der Waals surface area contributed by atoms with Crippen LogP contribution in [0.3, 0.4) is 0 Å². The molecule has 4 aliphatic rings. The lowest BCUT2D eigenvalue weighted by Gasteiger charge is -2.35. The third kappa shape index (κ3) is 4.96. The van der Waals surface area contributed by atoms with Crippen molar-refractivity contribution in [3.8, 4) is 6.07 Å². The van der Waals surface area contributed by atoms with Crippen molar-refractivity contribution in [2.45, 2.75) is 63.3 Å². The molecule has 9 heteroatoms. The van der Waals surface area contributed by atoms with Crippen LogP contribution < -0.4 is 15.1 Å². The minimum absolute atomic E-state index is 0.106. The molecule has 212 valence electrons. The number of carbonyl (C=O) groups excluding carboxylic acids is 4. The van der Waals surface area contributed by atoms with E-state index in [4.69, 9.17) is 0 Å². The molecular weight excluding hydrogens is 518 g/mol. The average molecular weight is 554 g/mol. The van der Waals surface area contributed by atoms with Gasteiger partial charge in [0.15, 0.2) is 0 Å². The molecule has 6 rings (SSSR count). The summed E-state index contributed by atoms with van der Waals surface area (Å²) in [5, 5.41) is 11.7. The van der Waals surface area contributed by atoms with Crippen LogP contribution in [0, 0.1) is 17.2 Å². The fourth-order valence-corrected chi connectivity index (χ4v) is 6.53. The Bertz CT molecular complexity index is 1430. The van der Waals surface area contributed by atoms with Gasteiger partial charge in [-0.25, -0.2) is 0 Å². The Balaban J connectivity index is 1.04. The van der Waals surface area contributed by atoms with Crippen molar-refractivity contribution < 1.29 is 19.2 Å². The first-order valence-corrected chi connectivity index (χ1v) is 14.7. The molecule has 1 N–H and O–H groups in total. The smallest absolute Gasteiger partial charge is 0.262 e. The Morgan fingerprint density at radius 2 is 1.68 bits per heavy atom. The SMILES string of the molecule is CCN(CCC1CCN(c2ccc3c(c2)C(=O)N(C2CCC(=O)NC2=O)C3=O)CC1)c1ccc(C2(C#N)CC2)cc1. The Morgan fingerprint density at radius 1 is 0.976 bits per heavy atom. The number of hydrogen-bond acceptors (Lipinski definition) is 7. The second-order valence-electron chi connectivity index (χ2n) is 11.7. The molecule has 0 radical (unpaired) electrons. The van der Waals surface area contributed by atoms with Gasteiger partial charge >= 0.3 is 0 Å². The van der Waals surface area contributed by atoms with E-state index in [9.17, 15) is 24.4 Å². The van der Waals surface area contributed by atoms with Crippen LogP contribution in [0.15, 0.2) is 42.5 Å². The zero-order valence-corrected chi connectivity index (χ0v) is 23.4. The molecular formula is C32H35N5O4. The van der Waals surface area contributed by atoms with Crippen LogP contribution in [0.1, 0.15) is 78.1 Å². The Kier molecular flexibility index (Phi) is 7.02. The van der Waals surface area contributed by atoms with E-state index in [2.05, 4.69) is 52.4 Å². The fourth-order valence-electron chi connectivity index (χ4n) is 6.53. The van der Waals surface area contributed by atoms with Crippen molar-refractivity contribution in [3.05, 3.63) is 59.2 Å². The van der Waals surface area contributed by atoms with Crippen LogP contribution in [0.5, 0.6) is 0 Å². The summed E-state index contributed by atoms with van der Waals surface area (Å²) in [4.78, 5) is 55.8. The molecule has 41 heavy (non-hydrogen) atoms. The predicted molar refractivity (Wildman–Crippen MR) is 154 cm³/mol. The largest absolute Gasteiger partial charge is 0.372 e. The Labute approximate surface area is 240 Å². The Morgan fingerprint density at radius 3 is 2.32 bits per heavy atom. The van der Waals surface area contributed by atoms with Crippen LogP contribution in [-0.2, 0) is 15.0 Å². The summed E-state index contributed by atoms with van der Waals surface area (Å²) < 4.78 is 0. The zero-order chi connectivity index (χ0) is 28.7. The molecule has 3 aliphatic heterocycles. The molecule has 2 aromatic carbocycles. The van der Waals surface area contributed by atoms with E-state index in [1.165, 1.54) is 5.69 Å². The highest BCUT2D eigenvalue weighted by atomic mass is 16.2. The van der Waals surface area contributed by atoms with Gasteiger partial charge in [-0.2, -0.15) is 5.26 Å². The molecule has 4 amide bonds. The number of fused-ring (bicyclic) bond motifs is 1. The number of nitrogens with zero attached hydrogens (tertiary/aromatic N) is 4. The molecule has 1 aliphatic carbocycles. The number of piperidine rings is 2. The highest BCUT2D eigenvalue weighted by molar-refractivity contribution is 6.23. The van der Waals surface area contributed by atoms with Gasteiger partial charge in [0.2, 0.25) is 11.8 Å². The highest BCUT2D eigenvalue weighted by Gasteiger charge is 2.45. The van der Waals surface area contributed by atoms with E-state index in [0.29, 0.717) is 17.0 Å². The van der Waals surface area contributed by atoms with Crippen molar-refractivity contribution in [3.63, 3.8) is 0 Å². The molecule has 0 bridgehead atoms. The first kappa shape index (κ1) is 27.0. The topological polar surface area (TPSA) is 114 Å². The minimum atomic E-state index is -0.952. The van der Waals surface area contributed by atoms with E-state index in [1.54, 1.807) is 12.1 Å². The van der Waals surface area contributed by atoms with Crippen molar-refractivity contribution in [1.82, 2.24) is 10.2 Å². The van der Waals surface area contributed by atoms with E-state index in [-0.39, 0.29) is 24.2 Å². The Hall–Kier alpha value is -4.19. The molecule has 0 spiro atoms. The van der Waals surface area contributed by atoms with E-state index >= 15 is 0 Å². The molecule has 9 nitrogen and oxygen atoms in total. The molecule has 3 fully saturated rings. The van der Waals surface area contributed by atoms with E-state index in [0.717, 1.165) is 74.4 Å². The standard InChI is InChI=1S/C32H35N5O4/c1-2-35(23-5-3-22(4-6-23)32(20-33)14-15-32)16-11-21-12-17-36(18-13-21)24-7-8-25-26(19-24)31(41)37(30(25)40)27-9-10-28(38)34-29(27)39/h3-8,19,21,27H,2,9-18H2,1H3,(H,34,38,39). The van der Waals surface area contributed by atoms with Gasteiger partial charge in [-0.1, -0.05) is 12.1 Å². The number of benzene rings is 2. The van der Waals surface area contributed by atoms with Gasteiger partial charge in [0.1, 0.15) is 6.04 Å². The van der Waals surface area contributed by atoms with E-state index in [1.807, 2.05) is 6.07 Å². The van der Waals surface area contributed by atoms with Crippen LogP contribution in [-0.4, -0.2) is 60.7 Å². The summed E-state index contributed by atoms with van der Waals surface area (Å²) in [6.45, 7) is 5.84. The zero-order valence-electron chi connectivity index (χ0n) is 23.4. The molecule has 1 atom stereocenters. The maximum atomic E-state index is 13.2. The van der Waals surface area contributed by atoms with Crippen molar-refractivity contribution >= 4 is 35.0 Å². The lowest BCUT2D eigenvalue weighted by Crippen LogP contribution is -2.54.